The molecule has 0 atom stereocenters. The van der Waals surface area contributed by atoms with Gasteiger partial charge < -0.3 is 14.7 Å². The molecule has 0 N–H and O–H groups in total. The Hall–Kier alpha value is -9.67. The highest BCUT2D eigenvalue weighted by Crippen LogP contribution is 2.47. The summed E-state index contributed by atoms with van der Waals surface area (Å²) in [6.07, 6.45) is 8.25. The molecule has 0 amide bonds. The van der Waals surface area contributed by atoms with E-state index in [0.717, 1.165) is 64.0 Å². The Morgan fingerprint density at radius 3 is 0.826 bits per heavy atom. The van der Waals surface area contributed by atoms with Crippen LogP contribution in [0.4, 0.5) is 45.5 Å². The average molecular weight is 885 g/mol. The van der Waals surface area contributed by atoms with E-state index in [1.807, 2.05) is 152 Å². The number of hydrogen-bond acceptors (Lipinski definition) is 6. The molecule has 6 heteroatoms. The van der Waals surface area contributed by atoms with Gasteiger partial charge in [0, 0.05) is 67.9 Å². The average Bonchev–Trinajstić information content (AvgIpc) is 3.43. The third kappa shape index (κ3) is 8.64. The quantitative estimate of drug-likeness (QED) is 0.122. The van der Waals surface area contributed by atoms with Gasteiger partial charge in [0.2, 0.25) is 0 Å². The molecule has 0 saturated heterocycles. The number of rotatable bonds is 12. The third-order valence-electron chi connectivity index (χ3n) is 12.4. The molecule has 9 aromatic rings. The summed E-state index contributed by atoms with van der Waals surface area (Å²) in [6.45, 7) is 0. The second kappa shape index (κ2) is 19.8. The van der Waals surface area contributed by atoms with Gasteiger partial charge >= 0.3 is 0 Å². The first-order valence-corrected chi connectivity index (χ1v) is 22.9. The van der Waals surface area contributed by atoms with Gasteiger partial charge in [-0.3, -0.25) is 0 Å². The van der Waals surface area contributed by atoms with Gasteiger partial charge in [0.15, 0.2) is 0 Å². The van der Waals surface area contributed by atoms with Crippen LogP contribution in [0.15, 0.2) is 248 Å². The molecule has 0 heterocycles. The number of allylic oxidation sites excluding steroid dienone is 4. The molecule has 9 aromatic carbocycles. The molecule has 0 aliphatic heterocycles. The van der Waals surface area contributed by atoms with E-state index in [1.165, 1.54) is 0 Å². The summed E-state index contributed by atoms with van der Waals surface area (Å²) in [5.41, 5.74) is 13.1. The Bertz CT molecular complexity index is 3180. The molecule has 10 rings (SSSR count). The standard InChI is InChI=1S/C63H44N6/c64-43-58-61(46-31-37-55(38-32-46)67(49-19-7-1-8-20-49)50-21-9-2-10-22-50)59(44-65)63(48-35-41-57(42-36-48)69(53-27-15-5-16-28-53)54-29-17-6-18-30-54)60(45-66)62(58)47-33-39-56(40-34-47)68(51-23-11-3-12-24-51)52-25-13-4-14-26-52/h1-17,19-29,31-42H,18,30H2. The van der Waals surface area contributed by atoms with E-state index < -0.39 is 0 Å². The summed E-state index contributed by atoms with van der Waals surface area (Å²) in [4.78, 5) is 6.60. The Morgan fingerprint density at radius 2 is 0.565 bits per heavy atom. The van der Waals surface area contributed by atoms with Crippen molar-refractivity contribution in [3.05, 3.63) is 265 Å². The van der Waals surface area contributed by atoms with Gasteiger partial charge in [-0.25, -0.2) is 0 Å². The fourth-order valence-corrected chi connectivity index (χ4v) is 9.32. The van der Waals surface area contributed by atoms with Crippen molar-refractivity contribution in [2.45, 2.75) is 12.8 Å². The Labute approximate surface area is 403 Å². The molecular formula is C63H44N6. The molecule has 6 nitrogen and oxygen atoms in total. The summed E-state index contributed by atoms with van der Waals surface area (Å²) in [5, 5.41) is 34.0. The summed E-state index contributed by atoms with van der Waals surface area (Å²) >= 11 is 0. The SMILES string of the molecule is N#Cc1c(-c2ccc(N(C3=CC=CCC3)c3ccccc3)cc2)c(C#N)c(-c2ccc(N(c3ccccc3)c3ccccc3)cc2)c(C#N)c1-c1ccc(N(c2ccccc2)c2ccccc2)cc1. The zero-order chi connectivity index (χ0) is 46.9. The maximum Gasteiger partial charge on any atom is 0.101 e. The van der Waals surface area contributed by atoms with Crippen molar-refractivity contribution in [3.8, 4) is 51.6 Å². The van der Waals surface area contributed by atoms with Crippen molar-refractivity contribution in [1.82, 2.24) is 0 Å². The van der Waals surface area contributed by atoms with E-state index in [9.17, 15) is 15.8 Å². The van der Waals surface area contributed by atoms with E-state index in [-0.39, 0.29) is 16.7 Å². The smallest absolute Gasteiger partial charge is 0.101 e. The maximum absolute atomic E-state index is 11.3. The minimum absolute atomic E-state index is 0.252. The van der Waals surface area contributed by atoms with Gasteiger partial charge in [-0.05, 0) is 133 Å². The molecule has 0 radical (unpaired) electrons. The van der Waals surface area contributed by atoms with Crippen molar-refractivity contribution < 1.29 is 0 Å². The molecule has 1 aliphatic rings. The van der Waals surface area contributed by atoms with Crippen molar-refractivity contribution >= 4 is 45.5 Å². The van der Waals surface area contributed by atoms with Crippen LogP contribution >= 0.6 is 0 Å². The highest BCUT2D eigenvalue weighted by atomic mass is 15.2. The second-order valence-corrected chi connectivity index (χ2v) is 16.5. The summed E-state index contributed by atoms with van der Waals surface area (Å²) in [7, 11) is 0. The molecule has 0 bridgehead atoms. The number of nitriles is 3. The molecule has 326 valence electrons. The zero-order valence-electron chi connectivity index (χ0n) is 37.7. The second-order valence-electron chi connectivity index (χ2n) is 16.5. The number of hydrogen-bond donors (Lipinski definition) is 0. The Morgan fingerprint density at radius 1 is 0.304 bits per heavy atom. The first-order chi connectivity index (χ1) is 34.1. The first-order valence-electron chi connectivity index (χ1n) is 22.9. The third-order valence-corrected chi connectivity index (χ3v) is 12.4. The fourth-order valence-electron chi connectivity index (χ4n) is 9.32. The van der Waals surface area contributed by atoms with Crippen LogP contribution in [0.25, 0.3) is 33.4 Å². The van der Waals surface area contributed by atoms with Crippen LogP contribution < -0.4 is 14.7 Å². The lowest BCUT2D eigenvalue weighted by atomic mass is 9.80. The van der Waals surface area contributed by atoms with E-state index >= 15 is 0 Å². The van der Waals surface area contributed by atoms with Gasteiger partial charge in [-0.2, -0.15) is 15.8 Å². The van der Waals surface area contributed by atoms with Crippen LogP contribution in [0.5, 0.6) is 0 Å². The maximum atomic E-state index is 11.3. The highest BCUT2D eigenvalue weighted by Gasteiger charge is 2.28. The topological polar surface area (TPSA) is 81.1 Å². The van der Waals surface area contributed by atoms with Crippen LogP contribution in [0, 0.1) is 34.0 Å². The molecular weight excluding hydrogens is 841 g/mol. The lowest BCUT2D eigenvalue weighted by Gasteiger charge is -2.29. The molecule has 0 aromatic heterocycles. The number of benzene rings is 9. The summed E-state index contributed by atoms with van der Waals surface area (Å²) in [5.74, 6) is 0. The fraction of sp³-hybridized carbons (Fsp3) is 0.0317. The lowest BCUT2D eigenvalue weighted by molar-refractivity contribution is 0.918. The Kier molecular flexibility index (Phi) is 12.4. The zero-order valence-corrected chi connectivity index (χ0v) is 37.7. The summed E-state index contributed by atoms with van der Waals surface area (Å²) in [6, 6.07) is 82.5. The van der Waals surface area contributed by atoms with Gasteiger partial charge in [0.1, 0.15) is 18.2 Å². The molecule has 1 aliphatic carbocycles. The number of para-hydroxylation sites is 5. The van der Waals surface area contributed by atoms with Crippen LogP contribution in [0.3, 0.4) is 0 Å². The van der Waals surface area contributed by atoms with Crippen molar-refractivity contribution in [3.63, 3.8) is 0 Å². The molecule has 0 saturated carbocycles. The minimum atomic E-state index is 0.252. The van der Waals surface area contributed by atoms with Crippen molar-refractivity contribution in [2.75, 3.05) is 14.7 Å². The van der Waals surface area contributed by atoms with Gasteiger partial charge in [-0.15, -0.1) is 0 Å². The van der Waals surface area contributed by atoms with E-state index in [2.05, 4.69) is 124 Å². The van der Waals surface area contributed by atoms with Crippen LogP contribution in [0.1, 0.15) is 29.5 Å². The molecule has 0 unspecified atom stereocenters. The van der Waals surface area contributed by atoms with Gasteiger partial charge in [0.05, 0.1) is 16.7 Å². The van der Waals surface area contributed by atoms with E-state index in [0.29, 0.717) is 33.4 Å². The molecule has 0 fully saturated rings. The van der Waals surface area contributed by atoms with Gasteiger partial charge in [-0.1, -0.05) is 140 Å². The van der Waals surface area contributed by atoms with E-state index in [4.69, 9.17) is 0 Å². The molecule has 69 heavy (non-hydrogen) atoms. The van der Waals surface area contributed by atoms with E-state index in [1.54, 1.807) is 0 Å². The van der Waals surface area contributed by atoms with Crippen LogP contribution in [-0.4, -0.2) is 0 Å². The largest absolute Gasteiger partial charge is 0.314 e. The first kappa shape index (κ1) is 43.2. The molecule has 0 spiro atoms. The van der Waals surface area contributed by atoms with Crippen molar-refractivity contribution in [2.24, 2.45) is 0 Å². The van der Waals surface area contributed by atoms with Gasteiger partial charge in [0.25, 0.3) is 0 Å². The number of nitrogens with zero attached hydrogens (tertiary/aromatic N) is 6. The monoisotopic (exact) mass is 884 g/mol. The minimum Gasteiger partial charge on any atom is -0.314 e. The predicted molar refractivity (Wildman–Crippen MR) is 281 cm³/mol. The van der Waals surface area contributed by atoms with Crippen LogP contribution in [-0.2, 0) is 0 Å². The van der Waals surface area contributed by atoms with Crippen molar-refractivity contribution in [1.29, 1.82) is 15.8 Å². The highest BCUT2D eigenvalue weighted by molar-refractivity contribution is 5.98. The number of anilines is 8. The predicted octanol–water partition coefficient (Wildman–Crippen LogP) is 16.6. The summed E-state index contributed by atoms with van der Waals surface area (Å²) < 4.78 is 0. The normalized spacial score (nSPS) is 11.6. The lowest BCUT2D eigenvalue weighted by Crippen LogP contribution is -2.17. The Balaban J connectivity index is 1.16. The van der Waals surface area contributed by atoms with Crippen LogP contribution in [0.2, 0.25) is 0 Å².